The number of benzene rings is 1. The third-order valence-corrected chi connectivity index (χ3v) is 2.48. The van der Waals surface area contributed by atoms with E-state index in [-0.39, 0.29) is 12.0 Å². The van der Waals surface area contributed by atoms with Crippen molar-refractivity contribution in [3.05, 3.63) is 34.1 Å². The zero-order valence-corrected chi connectivity index (χ0v) is 9.70. The van der Waals surface area contributed by atoms with E-state index >= 15 is 0 Å². The maximum atomic E-state index is 13.5. The molecule has 16 heavy (non-hydrogen) atoms. The summed E-state index contributed by atoms with van der Waals surface area (Å²) >= 11 is 3.09. The molecule has 0 radical (unpaired) electrons. The molecular weight excluding hydrogens is 281 g/mol. The van der Waals surface area contributed by atoms with Gasteiger partial charge in [0, 0.05) is 10.0 Å². The van der Waals surface area contributed by atoms with Gasteiger partial charge in [-0.25, -0.2) is 4.39 Å². The lowest BCUT2D eigenvalue weighted by Crippen LogP contribution is -2.23. The van der Waals surface area contributed by atoms with Crippen LogP contribution in [0.4, 0.5) is 4.39 Å². The number of carboxylic acid groups (broad SMARTS) is 1. The number of rotatable bonds is 5. The van der Waals surface area contributed by atoms with E-state index in [0.717, 1.165) is 0 Å². The Morgan fingerprint density at radius 3 is 2.81 bits per heavy atom. The molecule has 1 amide bonds. The zero-order valence-electron chi connectivity index (χ0n) is 8.11. The first-order valence-electron chi connectivity index (χ1n) is 4.41. The van der Waals surface area contributed by atoms with Crippen LogP contribution < -0.4 is 5.32 Å². The van der Waals surface area contributed by atoms with E-state index in [1.807, 2.05) is 0 Å². The summed E-state index contributed by atoms with van der Waals surface area (Å²) in [6, 6.07) is 3.38. The van der Waals surface area contributed by atoms with Crippen LogP contribution in [-0.2, 0) is 9.59 Å². The Kier molecular flexibility index (Phi) is 4.42. The average Bonchev–Trinajstić information content (AvgIpc) is 2.16. The van der Waals surface area contributed by atoms with Gasteiger partial charge in [-0.2, -0.15) is 0 Å². The van der Waals surface area contributed by atoms with Crippen molar-refractivity contribution >= 4 is 28.3 Å². The lowest BCUT2D eigenvalue weighted by Gasteiger charge is -2.15. The second kappa shape index (κ2) is 5.60. The van der Waals surface area contributed by atoms with Crippen LogP contribution in [0.5, 0.6) is 0 Å². The summed E-state index contributed by atoms with van der Waals surface area (Å²) in [7, 11) is 0. The van der Waals surface area contributed by atoms with Crippen LogP contribution in [0.3, 0.4) is 0 Å². The van der Waals surface area contributed by atoms with Crippen molar-refractivity contribution in [2.75, 3.05) is 0 Å². The Bertz CT molecular complexity index is 411. The number of carboxylic acids is 1. The van der Waals surface area contributed by atoms with Gasteiger partial charge < -0.3 is 10.4 Å². The summed E-state index contributed by atoms with van der Waals surface area (Å²) in [4.78, 5) is 20.9. The second-order valence-corrected chi connectivity index (χ2v) is 4.02. The zero-order chi connectivity index (χ0) is 12.1. The van der Waals surface area contributed by atoms with E-state index in [0.29, 0.717) is 10.9 Å². The summed E-state index contributed by atoms with van der Waals surface area (Å²) in [5.41, 5.74) is 0.151. The number of nitrogens with one attached hydrogen (secondary N) is 1. The molecule has 86 valence electrons. The average molecular weight is 290 g/mol. The fraction of sp³-hybridized carbons (Fsp3) is 0.200. The van der Waals surface area contributed by atoms with Crippen molar-refractivity contribution in [2.24, 2.45) is 0 Å². The summed E-state index contributed by atoms with van der Waals surface area (Å²) < 4.78 is 14.0. The Morgan fingerprint density at radius 2 is 2.31 bits per heavy atom. The Hall–Kier alpha value is -1.43. The van der Waals surface area contributed by atoms with Crippen molar-refractivity contribution in [3.8, 4) is 0 Å². The molecule has 0 aliphatic carbocycles. The van der Waals surface area contributed by atoms with Crippen LogP contribution in [0.25, 0.3) is 0 Å². The standard InChI is InChI=1S/C10H9BrFNO3/c11-6-1-2-7(8(12)3-6)9(13-5-14)4-10(15)16/h1-3,5,9H,4H2,(H,13,14)(H,15,16). The van der Waals surface area contributed by atoms with E-state index in [9.17, 15) is 14.0 Å². The fourth-order valence-corrected chi connectivity index (χ4v) is 1.63. The molecule has 0 saturated heterocycles. The van der Waals surface area contributed by atoms with Gasteiger partial charge in [0.05, 0.1) is 12.5 Å². The minimum absolute atomic E-state index is 0.151. The molecule has 1 aromatic carbocycles. The lowest BCUT2D eigenvalue weighted by atomic mass is 10.0. The van der Waals surface area contributed by atoms with Crippen molar-refractivity contribution in [1.82, 2.24) is 5.32 Å². The van der Waals surface area contributed by atoms with Gasteiger partial charge >= 0.3 is 5.97 Å². The monoisotopic (exact) mass is 289 g/mol. The molecule has 1 rings (SSSR count). The fourth-order valence-electron chi connectivity index (χ4n) is 1.30. The summed E-state index contributed by atoms with van der Waals surface area (Å²) in [5.74, 6) is -1.67. The highest BCUT2D eigenvalue weighted by Crippen LogP contribution is 2.23. The highest BCUT2D eigenvalue weighted by molar-refractivity contribution is 9.10. The molecule has 0 fully saturated rings. The molecule has 6 heteroatoms. The first kappa shape index (κ1) is 12.6. The SMILES string of the molecule is O=CNC(CC(=O)O)c1ccc(Br)cc1F. The molecule has 4 nitrogen and oxygen atoms in total. The van der Waals surface area contributed by atoms with E-state index in [1.165, 1.54) is 12.1 Å². The smallest absolute Gasteiger partial charge is 0.305 e. The number of hydrogen-bond acceptors (Lipinski definition) is 2. The Morgan fingerprint density at radius 1 is 1.62 bits per heavy atom. The Labute approximate surface area is 99.6 Å². The van der Waals surface area contributed by atoms with Crippen molar-refractivity contribution < 1.29 is 19.1 Å². The molecule has 0 aliphatic heterocycles. The molecular formula is C10H9BrFNO3. The van der Waals surface area contributed by atoms with Crippen molar-refractivity contribution in [3.63, 3.8) is 0 Å². The highest BCUT2D eigenvalue weighted by atomic mass is 79.9. The van der Waals surface area contributed by atoms with Crippen LogP contribution in [0.15, 0.2) is 22.7 Å². The largest absolute Gasteiger partial charge is 0.481 e. The lowest BCUT2D eigenvalue weighted by molar-refractivity contribution is -0.137. The maximum Gasteiger partial charge on any atom is 0.305 e. The molecule has 0 spiro atoms. The van der Waals surface area contributed by atoms with E-state index in [4.69, 9.17) is 5.11 Å². The number of aliphatic carboxylic acids is 1. The van der Waals surface area contributed by atoms with Gasteiger partial charge in [0.2, 0.25) is 6.41 Å². The topological polar surface area (TPSA) is 66.4 Å². The van der Waals surface area contributed by atoms with Crippen molar-refractivity contribution in [1.29, 1.82) is 0 Å². The third kappa shape index (κ3) is 3.30. The van der Waals surface area contributed by atoms with Gasteiger partial charge in [-0.15, -0.1) is 0 Å². The van der Waals surface area contributed by atoms with Gasteiger partial charge in [-0.05, 0) is 12.1 Å². The highest BCUT2D eigenvalue weighted by Gasteiger charge is 2.18. The summed E-state index contributed by atoms with van der Waals surface area (Å²) in [5, 5.41) is 10.9. The molecule has 0 aromatic heterocycles. The normalized spacial score (nSPS) is 11.9. The quantitative estimate of drug-likeness (QED) is 0.813. The van der Waals surface area contributed by atoms with Crippen LogP contribution >= 0.6 is 15.9 Å². The van der Waals surface area contributed by atoms with Crippen LogP contribution in [0.2, 0.25) is 0 Å². The molecule has 1 atom stereocenters. The van der Waals surface area contributed by atoms with Gasteiger partial charge in [-0.3, -0.25) is 9.59 Å². The first-order chi connectivity index (χ1) is 7.54. The predicted octanol–water partition coefficient (Wildman–Crippen LogP) is 1.85. The number of halogens is 2. The molecule has 1 aromatic rings. The number of amides is 1. The van der Waals surface area contributed by atoms with Crippen LogP contribution in [0.1, 0.15) is 18.0 Å². The van der Waals surface area contributed by atoms with Crippen molar-refractivity contribution in [2.45, 2.75) is 12.5 Å². The number of carbonyl (C=O) groups is 2. The molecule has 0 aliphatic rings. The van der Waals surface area contributed by atoms with E-state index < -0.39 is 17.8 Å². The summed E-state index contributed by atoms with van der Waals surface area (Å²) in [6.45, 7) is 0. The summed E-state index contributed by atoms with van der Waals surface area (Å²) in [6.07, 6.45) is -0.00756. The maximum absolute atomic E-state index is 13.5. The van der Waals surface area contributed by atoms with Gasteiger partial charge in [0.25, 0.3) is 0 Å². The van der Waals surface area contributed by atoms with Crippen LogP contribution in [0, 0.1) is 5.82 Å². The molecule has 0 saturated carbocycles. The number of carbonyl (C=O) groups excluding carboxylic acids is 1. The minimum Gasteiger partial charge on any atom is -0.481 e. The van der Waals surface area contributed by atoms with Gasteiger partial charge in [-0.1, -0.05) is 22.0 Å². The molecule has 1 unspecified atom stereocenters. The van der Waals surface area contributed by atoms with E-state index in [1.54, 1.807) is 6.07 Å². The Balaban J connectivity index is 3.00. The third-order valence-electron chi connectivity index (χ3n) is 1.99. The van der Waals surface area contributed by atoms with E-state index in [2.05, 4.69) is 21.2 Å². The second-order valence-electron chi connectivity index (χ2n) is 3.10. The van der Waals surface area contributed by atoms with Gasteiger partial charge in [0.1, 0.15) is 5.82 Å². The predicted molar refractivity (Wildman–Crippen MR) is 58.3 cm³/mol. The van der Waals surface area contributed by atoms with Crippen LogP contribution in [-0.4, -0.2) is 17.5 Å². The number of hydrogen-bond donors (Lipinski definition) is 2. The molecule has 2 N–H and O–H groups in total. The van der Waals surface area contributed by atoms with Gasteiger partial charge in [0.15, 0.2) is 0 Å². The molecule has 0 bridgehead atoms. The molecule has 0 heterocycles. The minimum atomic E-state index is -1.11. The first-order valence-corrected chi connectivity index (χ1v) is 5.20.